The smallest absolute Gasteiger partial charge is 0.276 e. The van der Waals surface area contributed by atoms with Gasteiger partial charge >= 0.3 is 0 Å². The van der Waals surface area contributed by atoms with Crippen LogP contribution in [0.1, 0.15) is 21.0 Å². The minimum atomic E-state index is -0.399. The third kappa shape index (κ3) is 5.79. The lowest BCUT2D eigenvalue weighted by Crippen LogP contribution is -2.15. The van der Waals surface area contributed by atoms with Crippen LogP contribution in [0.5, 0.6) is 5.75 Å². The van der Waals surface area contributed by atoms with E-state index in [4.69, 9.17) is 16.3 Å². The van der Waals surface area contributed by atoms with Crippen LogP contribution in [0.2, 0.25) is 5.02 Å². The van der Waals surface area contributed by atoms with Crippen LogP contribution in [0, 0.1) is 0 Å². The summed E-state index contributed by atoms with van der Waals surface area (Å²) in [4.78, 5) is 24.9. The van der Waals surface area contributed by atoms with E-state index in [0.29, 0.717) is 27.8 Å². The van der Waals surface area contributed by atoms with Gasteiger partial charge in [-0.25, -0.2) is 4.68 Å². The SMILES string of the molecule is Cn1ccc(C(=O)Nc2cccc(NC(=O)c3ccn(COc4ccc(Br)cc4Cl)n3)c2)n1. The molecule has 2 N–H and O–H groups in total. The second-order valence-corrected chi connectivity index (χ2v) is 8.28. The Morgan fingerprint density at radius 2 is 1.64 bits per heavy atom. The molecule has 0 saturated heterocycles. The van der Waals surface area contributed by atoms with E-state index in [1.54, 1.807) is 72.7 Å². The summed E-state index contributed by atoms with van der Waals surface area (Å²) < 4.78 is 9.52. The van der Waals surface area contributed by atoms with Gasteiger partial charge in [-0.15, -0.1) is 0 Å². The van der Waals surface area contributed by atoms with Crippen LogP contribution in [0.3, 0.4) is 0 Å². The molecule has 0 aliphatic heterocycles. The molecular formula is C22H18BrClN6O3. The number of nitrogens with one attached hydrogen (secondary N) is 2. The highest BCUT2D eigenvalue weighted by atomic mass is 79.9. The summed E-state index contributed by atoms with van der Waals surface area (Å²) in [5.74, 6) is -0.238. The van der Waals surface area contributed by atoms with E-state index in [2.05, 4.69) is 36.8 Å². The number of rotatable bonds is 7. The number of carbonyl (C=O) groups is 2. The second-order valence-electron chi connectivity index (χ2n) is 6.95. The Bertz CT molecular complexity index is 1320. The van der Waals surface area contributed by atoms with Crippen molar-refractivity contribution in [2.75, 3.05) is 10.6 Å². The fourth-order valence-electron chi connectivity index (χ4n) is 2.88. The largest absolute Gasteiger partial charge is 0.470 e. The summed E-state index contributed by atoms with van der Waals surface area (Å²) in [6.07, 6.45) is 3.31. The van der Waals surface area contributed by atoms with Gasteiger partial charge in [0.05, 0.1) is 5.02 Å². The van der Waals surface area contributed by atoms with Crippen molar-refractivity contribution in [3.63, 3.8) is 0 Å². The first-order chi connectivity index (χ1) is 15.9. The van der Waals surface area contributed by atoms with E-state index in [1.165, 1.54) is 4.68 Å². The first kappa shape index (κ1) is 22.6. The summed E-state index contributed by atoms with van der Waals surface area (Å²) in [6.45, 7) is 0.0870. The predicted molar refractivity (Wildman–Crippen MR) is 128 cm³/mol. The van der Waals surface area contributed by atoms with Gasteiger partial charge in [0.25, 0.3) is 11.8 Å². The summed E-state index contributed by atoms with van der Waals surface area (Å²) in [5.41, 5.74) is 1.53. The van der Waals surface area contributed by atoms with Crippen LogP contribution in [-0.4, -0.2) is 31.4 Å². The van der Waals surface area contributed by atoms with Gasteiger partial charge in [-0.05, 0) is 48.5 Å². The molecule has 0 aliphatic carbocycles. The fraction of sp³-hybridized carbons (Fsp3) is 0.0909. The van der Waals surface area contributed by atoms with E-state index in [-0.39, 0.29) is 18.3 Å². The molecule has 168 valence electrons. The molecule has 33 heavy (non-hydrogen) atoms. The number of benzene rings is 2. The fourth-order valence-corrected chi connectivity index (χ4v) is 3.61. The van der Waals surface area contributed by atoms with Crippen molar-refractivity contribution < 1.29 is 14.3 Å². The maximum atomic E-state index is 12.6. The Balaban J connectivity index is 1.36. The standard InChI is InChI=1S/C22H18BrClN6O3/c1-29-9-7-18(27-29)21(31)25-15-3-2-4-16(12-15)26-22(32)19-8-10-30(28-19)13-33-20-6-5-14(23)11-17(20)24/h2-12H,13H2,1H3,(H,25,31)(H,26,32). The Morgan fingerprint density at radius 3 is 2.27 bits per heavy atom. The number of aromatic nitrogens is 4. The van der Waals surface area contributed by atoms with Crippen molar-refractivity contribution >= 4 is 50.7 Å². The van der Waals surface area contributed by atoms with Gasteiger partial charge in [0.1, 0.15) is 5.75 Å². The van der Waals surface area contributed by atoms with Crippen LogP contribution in [0.25, 0.3) is 0 Å². The molecule has 0 saturated carbocycles. The molecule has 0 bridgehead atoms. The topological polar surface area (TPSA) is 103 Å². The van der Waals surface area contributed by atoms with E-state index < -0.39 is 5.91 Å². The Kier molecular flexibility index (Phi) is 6.76. The molecular weight excluding hydrogens is 512 g/mol. The lowest BCUT2D eigenvalue weighted by molar-refractivity contribution is 0.101. The molecule has 0 spiro atoms. The molecule has 0 fully saturated rings. The Morgan fingerprint density at radius 1 is 0.970 bits per heavy atom. The maximum absolute atomic E-state index is 12.6. The number of ether oxygens (including phenoxy) is 1. The van der Waals surface area contributed by atoms with Crippen molar-refractivity contribution in [1.29, 1.82) is 0 Å². The molecule has 9 nitrogen and oxygen atoms in total. The molecule has 4 aromatic rings. The van der Waals surface area contributed by atoms with Crippen LogP contribution in [0.15, 0.2) is 71.5 Å². The highest BCUT2D eigenvalue weighted by Gasteiger charge is 2.13. The maximum Gasteiger partial charge on any atom is 0.276 e. The lowest BCUT2D eigenvalue weighted by atomic mass is 10.2. The van der Waals surface area contributed by atoms with Crippen LogP contribution < -0.4 is 15.4 Å². The van der Waals surface area contributed by atoms with Gasteiger partial charge in [-0.3, -0.25) is 14.3 Å². The van der Waals surface area contributed by atoms with Crippen molar-refractivity contribution in [2.24, 2.45) is 7.05 Å². The predicted octanol–water partition coefficient (Wildman–Crippen LogP) is 4.57. The van der Waals surface area contributed by atoms with Crippen molar-refractivity contribution in [2.45, 2.75) is 6.73 Å². The number of anilines is 2. The zero-order valence-electron chi connectivity index (χ0n) is 17.3. The van der Waals surface area contributed by atoms with Gasteiger partial charge in [0.15, 0.2) is 18.1 Å². The normalized spacial score (nSPS) is 10.6. The number of hydrogen-bond acceptors (Lipinski definition) is 5. The minimum Gasteiger partial charge on any atom is -0.470 e. The first-order valence-corrected chi connectivity index (χ1v) is 10.9. The van der Waals surface area contributed by atoms with Crippen molar-refractivity contribution in [3.8, 4) is 5.75 Å². The second kappa shape index (κ2) is 9.88. The molecule has 2 aromatic heterocycles. The third-order valence-electron chi connectivity index (χ3n) is 4.44. The number of aryl methyl sites for hydroxylation is 1. The highest BCUT2D eigenvalue weighted by molar-refractivity contribution is 9.10. The van der Waals surface area contributed by atoms with Gasteiger partial charge in [-0.1, -0.05) is 33.6 Å². The molecule has 0 unspecified atom stereocenters. The average Bonchev–Trinajstić information content (AvgIpc) is 3.43. The average molecular weight is 530 g/mol. The monoisotopic (exact) mass is 528 g/mol. The number of hydrogen-bond donors (Lipinski definition) is 2. The zero-order chi connectivity index (χ0) is 23.4. The van der Waals surface area contributed by atoms with Crippen molar-refractivity contribution in [3.05, 3.63) is 87.9 Å². The Hall–Kier alpha value is -3.63. The van der Waals surface area contributed by atoms with Crippen LogP contribution in [0.4, 0.5) is 11.4 Å². The van der Waals surface area contributed by atoms with Gasteiger partial charge < -0.3 is 15.4 Å². The number of nitrogens with zero attached hydrogens (tertiary/aromatic N) is 4. The minimum absolute atomic E-state index is 0.0870. The highest BCUT2D eigenvalue weighted by Crippen LogP contribution is 2.28. The third-order valence-corrected chi connectivity index (χ3v) is 5.23. The number of halogens is 2. The summed E-state index contributed by atoms with van der Waals surface area (Å²) in [7, 11) is 1.73. The van der Waals surface area contributed by atoms with E-state index in [9.17, 15) is 9.59 Å². The van der Waals surface area contributed by atoms with Gasteiger partial charge in [0, 0.05) is 35.3 Å². The molecule has 2 aromatic carbocycles. The van der Waals surface area contributed by atoms with Gasteiger partial charge in [-0.2, -0.15) is 10.2 Å². The molecule has 0 radical (unpaired) electrons. The molecule has 2 amide bonds. The number of carbonyl (C=O) groups excluding carboxylic acids is 2. The summed E-state index contributed by atoms with van der Waals surface area (Å²) >= 11 is 9.48. The molecule has 11 heteroatoms. The summed E-state index contributed by atoms with van der Waals surface area (Å²) in [6, 6.07) is 15.3. The van der Waals surface area contributed by atoms with Crippen LogP contribution >= 0.6 is 27.5 Å². The number of amides is 2. The van der Waals surface area contributed by atoms with Crippen molar-refractivity contribution in [1.82, 2.24) is 19.6 Å². The Labute approximate surface area is 202 Å². The molecule has 4 rings (SSSR count). The van der Waals surface area contributed by atoms with Gasteiger partial charge in [0.2, 0.25) is 0 Å². The molecule has 0 atom stereocenters. The quantitative estimate of drug-likeness (QED) is 0.365. The van der Waals surface area contributed by atoms with E-state index in [1.807, 2.05) is 6.07 Å². The molecule has 2 heterocycles. The zero-order valence-corrected chi connectivity index (χ0v) is 19.7. The summed E-state index contributed by atoms with van der Waals surface area (Å²) in [5, 5.41) is 14.3. The van der Waals surface area contributed by atoms with Crippen LogP contribution in [-0.2, 0) is 13.8 Å². The molecule has 0 aliphatic rings. The van der Waals surface area contributed by atoms with E-state index >= 15 is 0 Å². The first-order valence-electron chi connectivity index (χ1n) is 9.71. The van der Waals surface area contributed by atoms with E-state index in [0.717, 1.165) is 4.47 Å². The lowest BCUT2D eigenvalue weighted by Gasteiger charge is -2.08.